The van der Waals surface area contributed by atoms with Crippen LogP contribution in [0.15, 0.2) is 55.4 Å². The Bertz CT molecular complexity index is 1140. The van der Waals surface area contributed by atoms with Gasteiger partial charge >= 0.3 is 0 Å². The van der Waals surface area contributed by atoms with Gasteiger partial charge in [-0.3, -0.25) is 14.8 Å². The van der Waals surface area contributed by atoms with Crippen molar-refractivity contribution in [1.29, 1.82) is 0 Å². The van der Waals surface area contributed by atoms with Crippen molar-refractivity contribution in [3.8, 4) is 17.1 Å². The molecule has 0 aliphatic heterocycles. The number of carbonyl (C=O) groups is 1. The molecule has 0 unspecified atom stereocenters. The molecule has 4 heterocycles. The van der Waals surface area contributed by atoms with Gasteiger partial charge < -0.3 is 9.30 Å². The van der Waals surface area contributed by atoms with Gasteiger partial charge in [-0.15, -0.1) is 0 Å². The fourth-order valence-electron chi connectivity index (χ4n) is 2.91. The molecule has 0 fully saturated rings. The average Bonchev–Trinajstić information content (AvgIpc) is 3.13. The lowest BCUT2D eigenvalue weighted by Gasteiger charge is -2.06. The Hall–Kier alpha value is -3.61. The molecular formula is C20H17N5O2. The van der Waals surface area contributed by atoms with Crippen molar-refractivity contribution >= 4 is 16.7 Å². The molecular weight excluding hydrogens is 342 g/mol. The number of hydrogen-bond donors (Lipinski definition) is 0. The molecule has 27 heavy (non-hydrogen) atoms. The molecule has 0 amide bonds. The van der Waals surface area contributed by atoms with Gasteiger partial charge in [-0.05, 0) is 18.2 Å². The zero-order chi connectivity index (χ0) is 18.8. The zero-order valence-electron chi connectivity index (χ0n) is 15.0. The van der Waals surface area contributed by atoms with E-state index in [4.69, 9.17) is 4.74 Å². The quantitative estimate of drug-likeness (QED) is 0.510. The van der Waals surface area contributed by atoms with Crippen LogP contribution in [0.4, 0.5) is 0 Å². The van der Waals surface area contributed by atoms with E-state index in [0.29, 0.717) is 17.1 Å². The Morgan fingerprint density at radius 3 is 2.78 bits per heavy atom. The molecule has 0 spiro atoms. The maximum absolute atomic E-state index is 12.6. The van der Waals surface area contributed by atoms with E-state index in [1.807, 2.05) is 23.7 Å². The molecule has 0 aromatic carbocycles. The fourth-order valence-corrected chi connectivity index (χ4v) is 2.91. The van der Waals surface area contributed by atoms with Gasteiger partial charge in [-0.2, -0.15) is 0 Å². The highest BCUT2D eigenvalue weighted by atomic mass is 16.5. The van der Waals surface area contributed by atoms with Crippen LogP contribution < -0.4 is 4.74 Å². The number of aromatic nitrogens is 5. The Labute approximate surface area is 155 Å². The maximum Gasteiger partial charge on any atom is 0.213 e. The summed E-state index contributed by atoms with van der Waals surface area (Å²) in [7, 11) is 3.46. The fraction of sp³-hybridized carbons (Fsp3) is 0.150. The number of ketones is 1. The second-order valence-electron chi connectivity index (χ2n) is 6.17. The van der Waals surface area contributed by atoms with Crippen LogP contribution in [-0.2, 0) is 13.5 Å². The minimum atomic E-state index is -0.0432. The highest BCUT2D eigenvalue weighted by molar-refractivity contribution is 5.97. The first-order valence-electron chi connectivity index (χ1n) is 8.38. The minimum absolute atomic E-state index is 0.0432. The number of ether oxygens (including phenoxy) is 1. The highest BCUT2D eigenvalue weighted by Crippen LogP contribution is 2.22. The van der Waals surface area contributed by atoms with Crippen molar-refractivity contribution in [2.75, 3.05) is 7.11 Å². The van der Waals surface area contributed by atoms with Gasteiger partial charge in [0.2, 0.25) is 5.88 Å². The van der Waals surface area contributed by atoms with Crippen LogP contribution in [0.25, 0.3) is 22.2 Å². The summed E-state index contributed by atoms with van der Waals surface area (Å²) >= 11 is 0. The van der Waals surface area contributed by atoms with Gasteiger partial charge in [0.25, 0.3) is 0 Å². The van der Waals surface area contributed by atoms with Crippen LogP contribution in [0.2, 0.25) is 0 Å². The Morgan fingerprint density at radius 1 is 1.11 bits per heavy atom. The number of Topliss-reactive ketones (excluding diaryl/α,β-unsaturated/α-hetero) is 1. The standard InChI is InChI=1S/C20H17N5O2/c1-25-12-21-11-18(25)15-5-14-6-16(23-10-17(14)24-9-15)8-19(26)13-3-4-22-20(7-13)27-2/h3-7,9-12H,8H2,1-2H3. The topological polar surface area (TPSA) is 82.8 Å². The lowest BCUT2D eigenvalue weighted by atomic mass is 10.1. The minimum Gasteiger partial charge on any atom is -0.481 e. The molecule has 0 N–H and O–H groups in total. The van der Waals surface area contributed by atoms with Gasteiger partial charge in [0.05, 0.1) is 43.5 Å². The lowest BCUT2D eigenvalue weighted by Crippen LogP contribution is -2.06. The van der Waals surface area contributed by atoms with Crippen molar-refractivity contribution in [1.82, 2.24) is 24.5 Å². The summed E-state index contributed by atoms with van der Waals surface area (Å²) in [6, 6.07) is 7.24. The monoisotopic (exact) mass is 359 g/mol. The van der Waals surface area contributed by atoms with Gasteiger partial charge in [0, 0.05) is 47.7 Å². The summed E-state index contributed by atoms with van der Waals surface area (Å²) in [4.78, 5) is 29.6. The molecule has 7 heteroatoms. The molecule has 0 aliphatic rings. The average molecular weight is 359 g/mol. The number of methoxy groups -OCH3 is 1. The highest BCUT2D eigenvalue weighted by Gasteiger charge is 2.11. The number of pyridine rings is 3. The van der Waals surface area contributed by atoms with E-state index in [0.717, 1.165) is 22.2 Å². The van der Waals surface area contributed by atoms with Crippen LogP contribution in [0, 0.1) is 0 Å². The summed E-state index contributed by atoms with van der Waals surface area (Å²) < 4.78 is 7.01. The van der Waals surface area contributed by atoms with Crippen LogP contribution in [0.5, 0.6) is 5.88 Å². The van der Waals surface area contributed by atoms with Crippen LogP contribution in [0.3, 0.4) is 0 Å². The number of fused-ring (bicyclic) bond motifs is 1. The molecule has 0 saturated carbocycles. The number of aryl methyl sites for hydroxylation is 1. The van der Waals surface area contributed by atoms with Crippen molar-refractivity contribution in [3.63, 3.8) is 0 Å². The van der Waals surface area contributed by atoms with Crippen LogP contribution in [-0.4, -0.2) is 37.4 Å². The smallest absolute Gasteiger partial charge is 0.213 e. The van der Waals surface area contributed by atoms with Gasteiger partial charge in [0.1, 0.15) is 0 Å². The number of rotatable bonds is 5. The van der Waals surface area contributed by atoms with Gasteiger partial charge in [-0.1, -0.05) is 0 Å². The van der Waals surface area contributed by atoms with Crippen molar-refractivity contribution in [2.45, 2.75) is 6.42 Å². The van der Waals surface area contributed by atoms with Crippen LogP contribution in [0.1, 0.15) is 16.1 Å². The molecule has 0 saturated heterocycles. The third-order valence-corrected chi connectivity index (χ3v) is 4.34. The molecule has 134 valence electrons. The van der Waals surface area contributed by atoms with E-state index in [1.54, 1.807) is 43.2 Å². The number of nitrogens with zero attached hydrogens (tertiary/aromatic N) is 5. The second-order valence-corrected chi connectivity index (χ2v) is 6.17. The predicted octanol–water partition coefficient (Wildman–Crippen LogP) is 2.86. The first-order chi connectivity index (χ1) is 13.1. The molecule has 0 bridgehead atoms. The molecule has 4 aromatic rings. The van der Waals surface area contributed by atoms with Crippen molar-refractivity contribution in [2.24, 2.45) is 7.05 Å². The van der Waals surface area contributed by atoms with Crippen molar-refractivity contribution < 1.29 is 9.53 Å². The predicted molar refractivity (Wildman–Crippen MR) is 101 cm³/mol. The number of hydrogen-bond acceptors (Lipinski definition) is 6. The SMILES string of the molecule is COc1cc(C(=O)Cc2cc3cc(-c4cncn4C)cnc3cn2)ccn1. The van der Waals surface area contributed by atoms with Gasteiger partial charge in [-0.25, -0.2) is 9.97 Å². The molecule has 0 radical (unpaired) electrons. The second kappa shape index (κ2) is 6.95. The van der Waals surface area contributed by atoms with E-state index in [-0.39, 0.29) is 12.2 Å². The van der Waals surface area contributed by atoms with E-state index in [9.17, 15) is 4.79 Å². The summed E-state index contributed by atoms with van der Waals surface area (Å²) in [5.74, 6) is 0.371. The Kier molecular flexibility index (Phi) is 4.33. The molecule has 4 aromatic heterocycles. The third-order valence-electron chi connectivity index (χ3n) is 4.34. The van der Waals surface area contributed by atoms with Crippen LogP contribution >= 0.6 is 0 Å². The summed E-state index contributed by atoms with van der Waals surface area (Å²) in [6.07, 6.45) is 8.79. The Balaban J connectivity index is 1.64. The van der Waals surface area contributed by atoms with Crippen molar-refractivity contribution in [3.05, 3.63) is 66.6 Å². The molecule has 7 nitrogen and oxygen atoms in total. The lowest BCUT2D eigenvalue weighted by molar-refractivity contribution is 0.0991. The summed E-state index contributed by atoms with van der Waals surface area (Å²) in [5, 5.41) is 0.929. The normalized spacial score (nSPS) is 10.9. The maximum atomic E-state index is 12.6. The zero-order valence-corrected chi connectivity index (χ0v) is 15.0. The van der Waals surface area contributed by atoms with E-state index in [2.05, 4.69) is 19.9 Å². The Morgan fingerprint density at radius 2 is 2.00 bits per heavy atom. The third kappa shape index (κ3) is 3.39. The van der Waals surface area contributed by atoms with E-state index < -0.39 is 0 Å². The molecule has 0 atom stereocenters. The first-order valence-corrected chi connectivity index (χ1v) is 8.38. The molecule has 4 rings (SSSR count). The van der Waals surface area contributed by atoms with E-state index in [1.165, 1.54) is 7.11 Å². The number of carbonyl (C=O) groups excluding carboxylic acids is 1. The van der Waals surface area contributed by atoms with Gasteiger partial charge in [0.15, 0.2) is 5.78 Å². The largest absolute Gasteiger partial charge is 0.481 e. The first kappa shape index (κ1) is 16.8. The number of imidazole rings is 1. The molecule has 0 aliphatic carbocycles. The summed E-state index contributed by atoms with van der Waals surface area (Å²) in [6.45, 7) is 0. The summed E-state index contributed by atoms with van der Waals surface area (Å²) in [5.41, 5.74) is 3.95. The van der Waals surface area contributed by atoms with E-state index >= 15 is 0 Å².